The third-order valence-corrected chi connectivity index (χ3v) is 7.35. The fourth-order valence-corrected chi connectivity index (χ4v) is 5.90. The minimum atomic E-state index is -2.70. The third kappa shape index (κ3) is 3.64. The SMILES string of the molecule is C=S(N)(=O)N1CCC2CN(C3COC(c4cc(F)ccc4F)C(N)C3)CC21. The first-order chi connectivity index (χ1) is 12.7. The molecule has 0 bridgehead atoms. The van der Waals surface area contributed by atoms with Gasteiger partial charge in [-0.05, 0) is 42.8 Å². The Morgan fingerprint density at radius 1 is 1.30 bits per heavy atom. The highest BCUT2D eigenvalue weighted by Crippen LogP contribution is 2.37. The molecule has 3 saturated heterocycles. The van der Waals surface area contributed by atoms with Gasteiger partial charge in [-0.2, -0.15) is 0 Å². The number of likely N-dealkylation sites (tertiary alicyclic amines) is 1. The van der Waals surface area contributed by atoms with Gasteiger partial charge in [0.1, 0.15) is 17.7 Å². The van der Waals surface area contributed by atoms with Crippen molar-refractivity contribution in [2.45, 2.75) is 37.1 Å². The van der Waals surface area contributed by atoms with E-state index in [-0.39, 0.29) is 17.6 Å². The minimum Gasteiger partial charge on any atom is -0.370 e. The third-order valence-electron chi connectivity index (χ3n) is 6.10. The van der Waals surface area contributed by atoms with Crippen LogP contribution in [0.3, 0.4) is 0 Å². The average molecular weight is 400 g/mol. The fourth-order valence-electron chi connectivity index (χ4n) is 4.79. The predicted molar refractivity (Wildman–Crippen MR) is 101 cm³/mol. The van der Waals surface area contributed by atoms with Crippen LogP contribution in [0.2, 0.25) is 0 Å². The van der Waals surface area contributed by atoms with Gasteiger partial charge in [-0.25, -0.2) is 22.4 Å². The first kappa shape index (κ1) is 19.2. The number of nitrogens with two attached hydrogens (primary N) is 2. The van der Waals surface area contributed by atoms with Crippen LogP contribution in [-0.2, 0) is 14.6 Å². The molecule has 6 unspecified atom stereocenters. The molecule has 0 aromatic heterocycles. The minimum absolute atomic E-state index is 0.0963. The summed E-state index contributed by atoms with van der Waals surface area (Å²) in [7, 11) is -2.70. The second-order valence-corrected chi connectivity index (χ2v) is 9.72. The van der Waals surface area contributed by atoms with E-state index in [1.165, 1.54) is 0 Å². The van der Waals surface area contributed by atoms with Gasteiger partial charge in [-0.3, -0.25) is 4.90 Å². The summed E-state index contributed by atoms with van der Waals surface area (Å²) in [6, 6.07) is 3.15. The van der Waals surface area contributed by atoms with E-state index in [1.54, 1.807) is 0 Å². The van der Waals surface area contributed by atoms with Gasteiger partial charge in [0.25, 0.3) is 0 Å². The van der Waals surface area contributed by atoms with Crippen molar-refractivity contribution in [1.29, 1.82) is 0 Å². The Balaban J connectivity index is 1.43. The lowest BCUT2D eigenvalue weighted by molar-refractivity contribution is -0.0485. The fraction of sp³-hybridized carbons (Fsp3) is 0.611. The molecule has 4 N–H and O–H groups in total. The molecular formula is C18H26F2N4O2S. The number of fused-ring (bicyclic) bond motifs is 1. The zero-order valence-electron chi connectivity index (χ0n) is 15.1. The topological polar surface area (TPSA) is 84.8 Å². The lowest BCUT2D eigenvalue weighted by Crippen LogP contribution is -2.50. The Labute approximate surface area is 158 Å². The van der Waals surface area contributed by atoms with Crippen LogP contribution in [0.5, 0.6) is 0 Å². The largest absolute Gasteiger partial charge is 0.370 e. The molecule has 0 radical (unpaired) electrons. The van der Waals surface area contributed by atoms with Gasteiger partial charge in [0.2, 0.25) is 0 Å². The summed E-state index contributed by atoms with van der Waals surface area (Å²) in [4.78, 5) is 2.30. The molecule has 0 amide bonds. The highest BCUT2D eigenvalue weighted by atomic mass is 32.2. The Kier molecular flexibility index (Phi) is 5.02. The maximum absolute atomic E-state index is 14.1. The number of nitrogens with zero attached hydrogens (tertiary/aromatic N) is 2. The molecule has 9 heteroatoms. The van der Waals surface area contributed by atoms with Gasteiger partial charge in [0.15, 0.2) is 0 Å². The number of benzene rings is 1. The van der Waals surface area contributed by atoms with Gasteiger partial charge in [0.05, 0.1) is 16.5 Å². The molecule has 6 nitrogen and oxygen atoms in total. The quantitative estimate of drug-likeness (QED) is 0.729. The number of halogens is 2. The van der Waals surface area contributed by atoms with Crippen molar-refractivity contribution < 1.29 is 17.7 Å². The monoisotopic (exact) mass is 400 g/mol. The van der Waals surface area contributed by atoms with Crippen LogP contribution in [0.25, 0.3) is 0 Å². The molecule has 1 aromatic carbocycles. The molecule has 3 heterocycles. The summed E-state index contributed by atoms with van der Waals surface area (Å²) in [5.41, 5.74) is 6.44. The smallest absolute Gasteiger partial charge is 0.129 e. The second kappa shape index (κ2) is 7.06. The zero-order chi connectivity index (χ0) is 19.3. The molecule has 27 heavy (non-hydrogen) atoms. The molecule has 6 atom stereocenters. The Hall–Kier alpha value is -1.10. The van der Waals surface area contributed by atoms with Crippen molar-refractivity contribution in [3.05, 3.63) is 35.4 Å². The van der Waals surface area contributed by atoms with E-state index in [0.717, 1.165) is 37.7 Å². The lowest BCUT2D eigenvalue weighted by Gasteiger charge is -2.39. The maximum atomic E-state index is 14.1. The molecule has 4 rings (SSSR count). The second-order valence-electron chi connectivity index (χ2n) is 7.87. The van der Waals surface area contributed by atoms with Gasteiger partial charge < -0.3 is 10.5 Å². The van der Waals surface area contributed by atoms with Crippen LogP contribution in [0.1, 0.15) is 24.5 Å². The highest BCUT2D eigenvalue weighted by molar-refractivity contribution is 7.96. The van der Waals surface area contributed by atoms with E-state index in [9.17, 15) is 13.0 Å². The van der Waals surface area contributed by atoms with Crippen molar-refractivity contribution in [2.24, 2.45) is 16.8 Å². The number of ether oxygens (including phenoxy) is 1. The highest BCUT2D eigenvalue weighted by Gasteiger charge is 2.46. The molecule has 0 saturated carbocycles. The van der Waals surface area contributed by atoms with E-state index in [2.05, 4.69) is 10.8 Å². The summed E-state index contributed by atoms with van der Waals surface area (Å²) in [5, 5.41) is 5.76. The molecule has 0 spiro atoms. The predicted octanol–water partition coefficient (Wildman–Crippen LogP) is 0.633. The molecule has 3 fully saturated rings. The van der Waals surface area contributed by atoms with Gasteiger partial charge >= 0.3 is 0 Å². The summed E-state index contributed by atoms with van der Waals surface area (Å²) >= 11 is 0. The van der Waals surface area contributed by atoms with Crippen molar-refractivity contribution >= 4 is 15.8 Å². The lowest BCUT2D eigenvalue weighted by atomic mass is 9.93. The summed E-state index contributed by atoms with van der Waals surface area (Å²) < 4.78 is 47.5. The van der Waals surface area contributed by atoms with E-state index >= 15 is 0 Å². The average Bonchev–Trinajstić information content (AvgIpc) is 3.16. The molecule has 0 aliphatic carbocycles. The summed E-state index contributed by atoms with van der Waals surface area (Å²) in [6.45, 7) is 2.73. The maximum Gasteiger partial charge on any atom is 0.129 e. The van der Waals surface area contributed by atoms with Crippen molar-refractivity contribution in [1.82, 2.24) is 9.21 Å². The normalized spacial score (nSPS) is 37.3. The van der Waals surface area contributed by atoms with Crippen molar-refractivity contribution in [3.63, 3.8) is 0 Å². The Morgan fingerprint density at radius 2 is 2.07 bits per heavy atom. The Morgan fingerprint density at radius 3 is 2.78 bits per heavy atom. The van der Waals surface area contributed by atoms with Crippen LogP contribution in [0, 0.1) is 17.6 Å². The molecular weight excluding hydrogens is 374 g/mol. The van der Waals surface area contributed by atoms with Crippen LogP contribution < -0.4 is 10.9 Å². The van der Waals surface area contributed by atoms with E-state index in [4.69, 9.17) is 15.6 Å². The zero-order valence-corrected chi connectivity index (χ0v) is 15.9. The van der Waals surface area contributed by atoms with Gasteiger partial charge in [0, 0.05) is 43.3 Å². The van der Waals surface area contributed by atoms with Gasteiger partial charge in [-0.15, -0.1) is 0 Å². The standard InChI is InChI=1S/C18H26F2N4O2S/c1-27(22,25)24-5-4-11-8-23(9-17(11)24)13-7-16(21)18(26-10-13)14-6-12(19)2-3-15(14)20/h2-3,6,11,13,16-18H,1,4-5,7-10,21H2,(H2,22,25). The molecule has 3 aliphatic rings. The molecule has 3 aliphatic heterocycles. The van der Waals surface area contributed by atoms with Crippen LogP contribution >= 0.6 is 0 Å². The first-order valence-electron chi connectivity index (χ1n) is 9.22. The molecule has 1 aromatic rings. The number of hydrogen-bond acceptors (Lipinski definition) is 4. The van der Waals surface area contributed by atoms with Crippen molar-refractivity contribution in [2.75, 3.05) is 26.2 Å². The van der Waals surface area contributed by atoms with Gasteiger partial charge in [-0.1, -0.05) is 0 Å². The first-order valence-corrected chi connectivity index (χ1v) is 11.0. The van der Waals surface area contributed by atoms with Crippen LogP contribution in [0.15, 0.2) is 18.2 Å². The van der Waals surface area contributed by atoms with Crippen molar-refractivity contribution in [3.8, 4) is 0 Å². The van der Waals surface area contributed by atoms with E-state index in [1.807, 2.05) is 4.31 Å². The summed E-state index contributed by atoms with van der Waals surface area (Å²) in [5.74, 6) is 3.02. The van der Waals surface area contributed by atoms with E-state index < -0.39 is 33.7 Å². The van der Waals surface area contributed by atoms with E-state index in [0.29, 0.717) is 25.5 Å². The van der Waals surface area contributed by atoms with Crippen LogP contribution in [0.4, 0.5) is 8.78 Å². The Bertz CT molecular complexity index is 822. The summed E-state index contributed by atoms with van der Waals surface area (Å²) in [6.07, 6.45) is 0.919. The number of hydrogen-bond donors (Lipinski definition) is 2. The number of rotatable bonds is 3. The molecule has 150 valence electrons. The van der Waals surface area contributed by atoms with Crippen LogP contribution in [-0.4, -0.2) is 63.7 Å².